The topological polar surface area (TPSA) is 18.5 Å². The zero-order valence-corrected chi connectivity index (χ0v) is 10.1. The maximum absolute atomic E-state index is 5.33. The van der Waals surface area contributed by atoms with Gasteiger partial charge < -0.3 is 9.31 Å². The highest BCUT2D eigenvalue weighted by Gasteiger charge is 2.44. The number of thiophene rings is 1. The van der Waals surface area contributed by atoms with E-state index in [1.807, 2.05) is 50.6 Å². The molecule has 0 amide bonds. The van der Waals surface area contributed by atoms with Crippen molar-refractivity contribution in [2.45, 2.75) is 38.9 Å². The molecule has 1 aliphatic rings. The predicted octanol–water partition coefficient (Wildman–Crippen LogP) is 2.61. The second kappa shape index (κ2) is 4.47. The van der Waals surface area contributed by atoms with Crippen LogP contribution >= 0.6 is 11.3 Å². The molecule has 0 unspecified atom stereocenters. The lowest BCUT2D eigenvalue weighted by Crippen LogP contribution is -2.41. The van der Waals surface area contributed by atoms with Crippen LogP contribution in [0.3, 0.4) is 0 Å². The van der Waals surface area contributed by atoms with E-state index in [2.05, 4.69) is 0 Å². The van der Waals surface area contributed by atoms with E-state index in [4.69, 9.17) is 9.31 Å². The van der Waals surface area contributed by atoms with Gasteiger partial charge >= 0.3 is 7.69 Å². The van der Waals surface area contributed by atoms with Crippen LogP contribution in [0.4, 0.5) is 0 Å². The minimum atomic E-state index is -0.132. The van der Waals surface area contributed by atoms with Crippen molar-refractivity contribution >= 4 is 19.0 Å². The Hall–Kier alpha value is -0.315. The van der Waals surface area contributed by atoms with Crippen molar-refractivity contribution in [3.05, 3.63) is 22.9 Å². The molecule has 2 rings (SSSR count). The van der Waals surface area contributed by atoms with Gasteiger partial charge in [0, 0.05) is 0 Å². The number of rotatable bonds is 0. The van der Waals surface area contributed by atoms with Gasteiger partial charge in [0.05, 0.1) is 11.2 Å². The third kappa shape index (κ3) is 2.84. The van der Waals surface area contributed by atoms with Crippen LogP contribution in [0, 0.1) is 0 Å². The predicted molar refractivity (Wildman–Crippen MR) is 61.8 cm³/mol. The van der Waals surface area contributed by atoms with E-state index in [-0.39, 0.29) is 11.2 Å². The van der Waals surface area contributed by atoms with Gasteiger partial charge in [0.25, 0.3) is 0 Å². The lowest BCUT2D eigenvalue weighted by molar-refractivity contribution is 0.00578. The van der Waals surface area contributed by atoms with Crippen LogP contribution in [0.5, 0.6) is 0 Å². The first-order chi connectivity index (χ1) is 6.46. The Balaban J connectivity index is 0.000000165. The lowest BCUT2D eigenvalue weighted by atomic mass is 9.90. The van der Waals surface area contributed by atoms with E-state index in [9.17, 15) is 0 Å². The standard InChI is InChI=1S/C6H13BO2.C4H4S/c1-5(2)6(3,4)9-7-8-5;1-2-4-5-3-1/h7H,1-4H3;1-4H. The summed E-state index contributed by atoms with van der Waals surface area (Å²) in [6.45, 7) is 8.17. The molecule has 1 saturated heterocycles. The van der Waals surface area contributed by atoms with Gasteiger partial charge in [0.2, 0.25) is 0 Å². The van der Waals surface area contributed by atoms with Crippen LogP contribution in [0.15, 0.2) is 22.9 Å². The van der Waals surface area contributed by atoms with Crippen molar-refractivity contribution in [1.29, 1.82) is 0 Å². The maximum Gasteiger partial charge on any atom is 0.439 e. The SMILES string of the molecule is CC1(C)OBOC1(C)C.c1ccsc1. The largest absolute Gasteiger partial charge is 0.439 e. The Labute approximate surface area is 90.5 Å². The van der Waals surface area contributed by atoms with Gasteiger partial charge in [-0.1, -0.05) is 12.1 Å². The van der Waals surface area contributed by atoms with Crippen LogP contribution in [0.2, 0.25) is 0 Å². The number of hydrogen-bond donors (Lipinski definition) is 0. The summed E-state index contributed by atoms with van der Waals surface area (Å²) in [5, 5.41) is 4.08. The van der Waals surface area contributed by atoms with Crippen molar-refractivity contribution in [3.63, 3.8) is 0 Å². The Bertz CT molecular complexity index is 226. The molecule has 1 aliphatic heterocycles. The molecule has 1 fully saturated rings. The molecule has 4 heteroatoms. The molecular formula is C10H17BO2S. The van der Waals surface area contributed by atoms with Gasteiger partial charge in [0.15, 0.2) is 0 Å². The summed E-state index contributed by atoms with van der Waals surface area (Å²) in [4.78, 5) is 0. The molecule has 2 heterocycles. The molecule has 0 aromatic carbocycles. The van der Waals surface area contributed by atoms with Gasteiger partial charge in [0.1, 0.15) is 0 Å². The Morgan fingerprint density at radius 3 is 1.50 bits per heavy atom. The normalized spacial score (nSPS) is 22.0. The van der Waals surface area contributed by atoms with Crippen LogP contribution in [0.1, 0.15) is 27.7 Å². The Morgan fingerprint density at radius 2 is 1.36 bits per heavy atom. The minimum Gasteiger partial charge on any atom is -0.406 e. The molecule has 0 radical (unpaired) electrons. The van der Waals surface area contributed by atoms with E-state index in [0.717, 1.165) is 0 Å². The summed E-state index contributed by atoms with van der Waals surface area (Å²) in [6, 6.07) is 4.04. The Morgan fingerprint density at radius 1 is 0.929 bits per heavy atom. The summed E-state index contributed by atoms with van der Waals surface area (Å²) < 4.78 is 10.7. The van der Waals surface area contributed by atoms with E-state index in [1.54, 1.807) is 11.3 Å². The quantitative estimate of drug-likeness (QED) is 0.615. The molecule has 1 aromatic rings. The third-order valence-corrected chi connectivity index (χ3v) is 3.34. The van der Waals surface area contributed by atoms with Gasteiger partial charge in [-0.25, -0.2) is 0 Å². The summed E-state index contributed by atoms with van der Waals surface area (Å²) in [5.74, 6) is 0. The molecule has 0 bridgehead atoms. The highest BCUT2D eigenvalue weighted by atomic mass is 32.1. The summed E-state index contributed by atoms with van der Waals surface area (Å²) >= 11 is 1.71. The summed E-state index contributed by atoms with van der Waals surface area (Å²) in [7, 11) is 0.431. The molecule has 0 aliphatic carbocycles. The Kier molecular flexibility index (Phi) is 3.75. The number of hydrogen-bond acceptors (Lipinski definition) is 3. The molecule has 2 nitrogen and oxygen atoms in total. The summed E-state index contributed by atoms with van der Waals surface area (Å²) in [6.07, 6.45) is 0. The van der Waals surface area contributed by atoms with Crippen LogP contribution in [-0.4, -0.2) is 18.9 Å². The fourth-order valence-corrected chi connectivity index (χ4v) is 1.35. The zero-order valence-electron chi connectivity index (χ0n) is 9.24. The highest BCUT2D eigenvalue weighted by Crippen LogP contribution is 2.33. The molecule has 78 valence electrons. The van der Waals surface area contributed by atoms with Crippen molar-refractivity contribution in [2.75, 3.05) is 0 Å². The first kappa shape index (κ1) is 11.8. The first-order valence-electron chi connectivity index (χ1n) is 4.71. The fraction of sp³-hybridized carbons (Fsp3) is 0.600. The molecule has 1 aromatic heterocycles. The van der Waals surface area contributed by atoms with E-state index in [0.29, 0.717) is 7.69 Å². The molecule has 0 atom stereocenters. The van der Waals surface area contributed by atoms with Crippen molar-refractivity contribution in [3.8, 4) is 0 Å². The summed E-state index contributed by atoms with van der Waals surface area (Å²) in [5.41, 5.74) is -0.264. The third-order valence-electron chi connectivity index (χ3n) is 2.71. The smallest absolute Gasteiger partial charge is 0.406 e. The maximum atomic E-state index is 5.33. The average Bonchev–Trinajstić information content (AvgIpc) is 2.64. The molecule has 0 spiro atoms. The first-order valence-corrected chi connectivity index (χ1v) is 5.65. The van der Waals surface area contributed by atoms with Gasteiger partial charge in [-0.05, 0) is 38.5 Å². The van der Waals surface area contributed by atoms with Crippen LogP contribution in [0.25, 0.3) is 0 Å². The molecule has 0 N–H and O–H groups in total. The van der Waals surface area contributed by atoms with E-state index < -0.39 is 0 Å². The van der Waals surface area contributed by atoms with Gasteiger partial charge in [-0.15, -0.1) is 0 Å². The lowest BCUT2D eigenvalue weighted by Gasteiger charge is -2.32. The second-order valence-electron chi connectivity index (χ2n) is 4.22. The average molecular weight is 212 g/mol. The highest BCUT2D eigenvalue weighted by molar-refractivity contribution is 7.07. The van der Waals surface area contributed by atoms with Crippen molar-refractivity contribution in [2.24, 2.45) is 0 Å². The molecule has 0 saturated carbocycles. The van der Waals surface area contributed by atoms with E-state index in [1.165, 1.54) is 0 Å². The minimum absolute atomic E-state index is 0.132. The van der Waals surface area contributed by atoms with Crippen LogP contribution < -0.4 is 0 Å². The van der Waals surface area contributed by atoms with Gasteiger partial charge in [-0.3, -0.25) is 0 Å². The van der Waals surface area contributed by atoms with Crippen LogP contribution in [-0.2, 0) is 9.31 Å². The molecular weight excluding hydrogens is 195 g/mol. The van der Waals surface area contributed by atoms with Crippen molar-refractivity contribution in [1.82, 2.24) is 0 Å². The van der Waals surface area contributed by atoms with E-state index >= 15 is 0 Å². The monoisotopic (exact) mass is 212 g/mol. The second-order valence-corrected chi connectivity index (χ2v) is 5.04. The fourth-order valence-electron chi connectivity index (χ4n) is 0.898. The molecule has 14 heavy (non-hydrogen) atoms. The van der Waals surface area contributed by atoms with Crippen molar-refractivity contribution < 1.29 is 9.31 Å². The van der Waals surface area contributed by atoms with Gasteiger partial charge in [-0.2, -0.15) is 11.3 Å². The zero-order chi connectivity index (χ0) is 10.7.